The number of ketones is 1. The maximum Gasteiger partial charge on any atom is 0.174 e. The summed E-state index contributed by atoms with van der Waals surface area (Å²) < 4.78 is 5.65. The molecule has 0 spiro atoms. The van der Waals surface area contributed by atoms with Crippen molar-refractivity contribution in [3.8, 4) is 11.5 Å². The second kappa shape index (κ2) is 5.42. The second-order valence-corrected chi connectivity index (χ2v) is 5.00. The third-order valence-electron chi connectivity index (χ3n) is 3.29. The highest BCUT2D eigenvalue weighted by Crippen LogP contribution is 2.35. The fourth-order valence-electron chi connectivity index (χ4n) is 2.37. The monoisotopic (exact) mass is 248 g/mol. The fourth-order valence-corrected chi connectivity index (χ4v) is 2.37. The normalized spacial score (nSPS) is 18.3. The smallest absolute Gasteiger partial charge is 0.174 e. The number of Topliss-reactive ketones (excluding diaryl/α,β-unsaturated/α-hetero) is 1. The molecule has 1 N–H and O–H groups in total. The van der Waals surface area contributed by atoms with E-state index >= 15 is 0 Å². The molecule has 1 aromatic carbocycles. The molecule has 18 heavy (non-hydrogen) atoms. The van der Waals surface area contributed by atoms with Gasteiger partial charge in [-0.2, -0.15) is 0 Å². The van der Waals surface area contributed by atoms with E-state index in [1.165, 1.54) is 12.8 Å². The van der Waals surface area contributed by atoms with E-state index in [9.17, 15) is 9.90 Å². The van der Waals surface area contributed by atoms with E-state index < -0.39 is 0 Å². The molecule has 98 valence electrons. The van der Waals surface area contributed by atoms with Gasteiger partial charge in [-0.3, -0.25) is 4.79 Å². The average Bonchev–Trinajstić information content (AvgIpc) is 2.27. The number of carbonyl (C=O) groups excluding carboxylic acids is 1. The molecule has 0 amide bonds. The molecule has 0 saturated heterocycles. The Morgan fingerprint density at radius 3 is 2.89 bits per heavy atom. The average molecular weight is 248 g/mol. The third kappa shape index (κ3) is 2.66. The molecule has 3 heteroatoms. The van der Waals surface area contributed by atoms with Crippen LogP contribution in [0.15, 0.2) is 12.1 Å². The Kier molecular flexibility index (Phi) is 3.90. The Labute approximate surface area is 108 Å². The number of hydrogen-bond acceptors (Lipinski definition) is 3. The highest BCUT2D eigenvalue weighted by molar-refractivity contribution is 6.02. The lowest BCUT2D eigenvalue weighted by Crippen LogP contribution is -2.24. The van der Waals surface area contributed by atoms with E-state index in [0.717, 1.165) is 18.4 Å². The molecule has 1 aliphatic heterocycles. The number of benzene rings is 1. The summed E-state index contributed by atoms with van der Waals surface area (Å²) in [5.74, 6) is 0.586. The minimum Gasteiger partial charge on any atom is -0.507 e. The van der Waals surface area contributed by atoms with Gasteiger partial charge in [0.25, 0.3) is 0 Å². The highest BCUT2D eigenvalue weighted by atomic mass is 16.5. The van der Waals surface area contributed by atoms with Crippen LogP contribution in [0.2, 0.25) is 0 Å². The number of fused-ring (bicyclic) bond motifs is 1. The van der Waals surface area contributed by atoms with Crippen molar-refractivity contribution in [2.24, 2.45) is 0 Å². The number of phenols is 1. The molecule has 0 aliphatic carbocycles. The maximum absolute atomic E-state index is 11.8. The van der Waals surface area contributed by atoms with E-state index in [4.69, 9.17) is 4.74 Å². The zero-order chi connectivity index (χ0) is 13.1. The molecular weight excluding hydrogens is 228 g/mol. The first kappa shape index (κ1) is 12.9. The van der Waals surface area contributed by atoms with Crippen molar-refractivity contribution in [2.75, 3.05) is 0 Å². The molecule has 0 radical (unpaired) electrons. The Morgan fingerprint density at radius 2 is 2.17 bits per heavy atom. The molecule has 1 aliphatic rings. The first-order valence-electron chi connectivity index (χ1n) is 6.67. The van der Waals surface area contributed by atoms with Gasteiger partial charge in [0, 0.05) is 6.42 Å². The van der Waals surface area contributed by atoms with Crippen molar-refractivity contribution in [3.05, 3.63) is 23.3 Å². The van der Waals surface area contributed by atoms with Gasteiger partial charge in [0.2, 0.25) is 0 Å². The summed E-state index contributed by atoms with van der Waals surface area (Å²) >= 11 is 0. The van der Waals surface area contributed by atoms with Crippen LogP contribution in [-0.2, 0) is 6.42 Å². The van der Waals surface area contributed by atoms with E-state index in [-0.39, 0.29) is 17.6 Å². The summed E-state index contributed by atoms with van der Waals surface area (Å²) in [5, 5.41) is 9.95. The van der Waals surface area contributed by atoms with Crippen molar-refractivity contribution in [3.63, 3.8) is 0 Å². The predicted molar refractivity (Wildman–Crippen MR) is 70.4 cm³/mol. The molecule has 1 atom stereocenters. The number of hydrogen-bond donors (Lipinski definition) is 1. The van der Waals surface area contributed by atoms with Crippen molar-refractivity contribution in [1.82, 2.24) is 0 Å². The Hall–Kier alpha value is -1.51. The quantitative estimate of drug-likeness (QED) is 0.830. The highest BCUT2D eigenvalue weighted by Gasteiger charge is 2.27. The van der Waals surface area contributed by atoms with Crippen LogP contribution in [0.5, 0.6) is 11.5 Å². The van der Waals surface area contributed by atoms with Gasteiger partial charge in [-0.05, 0) is 37.5 Å². The molecule has 0 bridgehead atoms. The molecule has 0 fully saturated rings. The van der Waals surface area contributed by atoms with Crippen molar-refractivity contribution >= 4 is 5.78 Å². The lowest BCUT2D eigenvalue weighted by molar-refractivity contribution is 0.0866. The zero-order valence-corrected chi connectivity index (χ0v) is 11.0. The van der Waals surface area contributed by atoms with Crippen LogP contribution in [0.4, 0.5) is 0 Å². The minimum absolute atomic E-state index is 0.0265. The number of aryl methyl sites for hydroxylation is 1. The number of unbranched alkanes of at least 4 members (excludes halogenated alkanes) is 2. The lowest BCUT2D eigenvalue weighted by atomic mass is 9.97. The second-order valence-electron chi connectivity index (χ2n) is 5.00. The first-order valence-corrected chi connectivity index (χ1v) is 6.67. The number of phenolic OH excluding ortho intramolecular Hbond substituents is 1. The molecule has 3 nitrogen and oxygen atoms in total. The van der Waals surface area contributed by atoms with E-state index in [1.54, 1.807) is 6.07 Å². The summed E-state index contributed by atoms with van der Waals surface area (Å²) in [6.07, 6.45) is 4.60. The molecule has 1 heterocycles. The summed E-state index contributed by atoms with van der Waals surface area (Å²) in [7, 11) is 0. The molecule has 0 unspecified atom stereocenters. The number of rotatable bonds is 4. The van der Waals surface area contributed by atoms with E-state index in [0.29, 0.717) is 17.7 Å². The van der Waals surface area contributed by atoms with Gasteiger partial charge in [0.05, 0.1) is 0 Å². The van der Waals surface area contributed by atoms with Gasteiger partial charge in [-0.1, -0.05) is 19.8 Å². The van der Waals surface area contributed by atoms with Crippen LogP contribution < -0.4 is 4.74 Å². The molecule has 0 aromatic heterocycles. The van der Waals surface area contributed by atoms with E-state index in [2.05, 4.69) is 6.92 Å². The third-order valence-corrected chi connectivity index (χ3v) is 3.29. The molecular formula is C15H20O3. The van der Waals surface area contributed by atoms with Gasteiger partial charge in [-0.25, -0.2) is 0 Å². The minimum atomic E-state index is -0.102. The van der Waals surface area contributed by atoms with Gasteiger partial charge in [-0.15, -0.1) is 0 Å². The molecule has 2 rings (SSSR count). The lowest BCUT2D eigenvalue weighted by Gasteiger charge is -2.23. The van der Waals surface area contributed by atoms with Crippen LogP contribution in [0, 0.1) is 0 Å². The topological polar surface area (TPSA) is 46.5 Å². The van der Waals surface area contributed by atoms with Crippen molar-refractivity contribution in [1.29, 1.82) is 0 Å². The Bertz CT molecular complexity index is 451. The van der Waals surface area contributed by atoms with Crippen LogP contribution in [0.1, 0.15) is 55.5 Å². The zero-order valence-electron chi connectivity index (χ0n) is 11.0. The maximum atomic E-state index is 11.8. The number of carbonyl (C=O) groups is 1. The number of aromatic hydroxyl groups is 1. The molecule has 1 aromatic rings. The van der Waals surface area contributed by atoms with Crippen LogP contribution in [0.3, 0.4) is 0 Å². The van der Waals surface area contributed by atoms with Crippen LogP contribution in [-0.4, -0.2) is 17.0 Å². The summed E-state index contributed by atoms with van der Waals surface area (Å²) in [5.41, 5.74) is 1.40. The standard InChI is InChI=1S/C15H20O3/c1-3-4-5-6-11-8-13(17)15-12(16)7-10(2)18-14(15)9-11/h8-10,17H,3-7H2,1-2H3/t10-/m0/s1. The predicted octanol–water partition coefficient (Wildman–Crippen LogP) is 3.48. The van der Waals surface area contributed by atoms with Crippen molar-refractivity contribution < 1.29 is 14.6 Å². The summed E-state index contributed by atoms with van der Waals surface area (Å²) in [6.45, 7) is 4.04. The van der Waals surface area contributed by atoms with Gasteiger partial charge >= 0.3 is 0 Å². The van der Waals surface area contributed by atoms with Gasteiger partial charge in [0.1, 0.15) is 23.2 Å². The van der Waals surface area contributed by atoms with Gasteiger partial charge in [0.15, 0.2) is 5.78 Å². The SMILES string of the molecule is CCCCCc1cc(O)c2c(c1)O[C@@H](C)CC2=O. The molecule has 0 saturated carbocycles. The van der Waals surface area contributed by atoms with E-state index in [1.807, 2.05) is 13.0 Å². The number of ether oxygens (including phenoxy) is 1. The first-order chi connectivity index (χ1) is 8.61. The summed E-state index contributed by atoms with van der Waals surface area (Å²) in [4.78, 5) is 11.8. The van der Waals surface area contributed by atoms with Crippen LogP contribution >= 0.6 is 0 Å². The Balaban J connectivity index is 2.24. The summed E-state index contributed by atoms with van der Waals surface area (Å²) in [6, 6.07) is 3.60. The van der Waals surface area contributed by atoms with Crippen LogP contribution in [0.25, 0.3) is 0 Å². The van der Waals surface area contributed by atoms with Crippen molar-refractivity contribution in [2.45, 2.75) is 52.1 Å². The van der Waals surface area contributed by atoms with Gasteiger partial charge < -0.3 is 9.84 Å². The Morgan fingerprint density at radius 1 is 1.39 bits per heavy atom. The fraction of sp³-hybridized carbons (Fsp3) is 0.533. The largest absolute Gasteiger partial charge is 0.507 e.